The maximum atomic E-state index is 5.81. The van der Waals surface area contributed by atoms with Gasteiger partial charge in [0.25, 0.3) is 0 Å². The van der Waals surface area contributed by atoms with Crippen LogP contribution in [0.4, 0.5) is 0 Å². The Morgan fingerprint density at radius 2 is 0.426 bits per heavy atom. The molecular formula is C124H158N8S4. The Balaban J connectivity index is 0.815. The summed E-state index contributed by atoms with van der Waals surface area (Å²) in [5.74, 6) is 0. The first kappa shape index (κ1) is 102. The molecule has 0 saturated heterocycles. The first-order valence-electron chi connectivity index (χ1n) is 53.6. The number of aryl methyl sites for hydroxylation is 12. The van der Waals surface area contributed by atoms with Gasteiger partial charge in [0.2, 0.25) is 0 Å². The molecule has 14 rings (SSSR count). The largest absolute Gasteiger partial charge is 0.355 e. The van der Waals surface area contributed by atoms with Crippen LogP contribution in [0.1, 0.15) is 436 Å². The third-order valence-corrected chi connectivity index (χ3v) is 34.2. The van der Waals surface area contributed by atoms with Gasteiger partial charge >= 0.3 is 0 Å². The van der Waals surface area contributed by atoms with Crippen molar-refractivity contribution in [1.82, 2.24) is 39.9 Å². The van der Waals surface area contributed by atoms with Crippen molar-refractivity contribution < 1.29 is 0 Å². The first-order chi connectivity index (χ1) is 66.6. The molecule has 10 aromatic rings. The molecule has 8 nitrogen and oxygen atoms in total. The molecule has 0 unspecified atom stereocenters. The number of unbranched alkanes of at least 4 members (excludes halogenated alkanes) is 12. The zero-order chi connectivity index (χ0) is 96.1. The molecule has 0 amide bonds. The second kappa shape index (κ2) is 49.3. The van der Waals surface area contributed by atoms with Gasteiger partial charge in [-0.2, -0.15) is 0 Å². The van der Waals surface area contributed by atoms with E-state index in [1.165, 1.54) is 286 Å². The summed E-state index contributed by atoms with van der Waals surface area (Å²) in [6.07, 6.45) is 67.3. The number of allylic oxidation sites excluding steroid dienone is 14. The number of thiophene rings is 4. The molecule has 0 spiro atoms. The molecule has 0 aliphatic carbocycles. The molecule has 0 saturated carbocycles. The van der Waals surface area contributed by atoms with Crippen molar-refractivity contribution in [3.05, 3.63) is 240 Å². The Kier molecular flexibility index (Phi) is 37.1. The number of nitrogens with zero attached hydrogens (tertiary/aromatic N) is 4. The average Bonchev–Trinajstić information content (AvgIpc) is 1.60. The Morgan fingerprint density at radius 1 is 0.213 bits per heavy atom. The molecule has 136 heavy (non-hydrogen) atoms. The molecule has 0 fully saturated rings. The van der Waals surface area contributed by atoms with Crippen LogP contribution in [-0.2, 0) is 77.0 Å². The van der Waals surface area contributed by atoms with E-state index in [2.05, 4.69) is 292 Å². The number of aromatic amines is 4. The molecule has 4 aliphatic heterocycles. The predicted octanol–water partition coefficient (Wildman–Crippen LogP) is 38.6. The minimum Gasteiger partial charge on any atom is -0.355 e. The van der Waals surface area contributed by atoms with E-state index in [0.29, 0.717) is 0 Å². The number of H-pyrrole nitrogens is 4. The van der Waals surface area contributed by atoms with E-state index in [-0.39, 0.29) is 0 Å². The number of hydrogen-bond donors (Lipinski definition) is 4. The summed E-state index contributed by atoms with van der Waals surface area (Å²) in [7, 11) is 0. The fourth-order valence-corrected chi connectivity index (χ4v) is 26.9. The average molecular weight is 1890 g/mol. The van der Waals surface area contributed by atoms with Gasteiger partial charge in [-0.1, -0.05) is 264 Å². The van der Waals surface area contributed by atoms with Crippen molar-refractivity contribution in [3.8, 4) is 19.5 Å². The molecule has 718 valence electrons. The monoisotopic (exact) mass is 1890 g/mol. The minimum absolute atomic E-state index is 0.890. The van der Waals surface area contributed by atoms with Gasteiger partial charge in [0.05, 0.1) is 56.6 Å². The van der Waals surface area contributed by atoms with Crippen LogP contribution in [0.25, 0.3) is 145 Å². The van der Waals surface area contributed by atoms with E-state index in [4.69, 9.17) is 19.9 Å². The van der Waals surface area contributed by atoms with Crippen LogP contribution >= 0.6 is 45.3 Å². The summed E-state index contributed by atoms with van der Waals surface area (Å²) >= 11 is 7.95. The van der Waals surface area contributed by atoms with E-state index >= 15 is 0 Å². The van der Waals surface area contributed by atoms with Crippen LogP contribution in [0, 0.1) is 0 Å². The lowest BCUT2D eigenvalue weighted by Gasteiger charge is -2.07. The molecule has 14 heterocycles. The Morgan fingerprint density at radius 3 is 0.654 bits per heavy atom. The van der Waals surface area contributed by atoms with Crippen molar-refractivity contribution in [2.24, 2.45) is 0 Å². The van der Waals surface area contributed by atoms with Gasteiger partial charge in [-0.3, -0.25) is 0 Å². The van der Waals surface area contributed by atoms with Crippen LogP contribution in [0.15, 0.2) is 97.1 Å². The van der Waals surface area contributed by atoms with E-state index in [1.807, 2.05) is 45.3 Å². The van der Waals surface area contributed by atoms with E-state index in [9.17, 15) is 0 Å². The van der Waals surface area contributed by atoms with E-state index in [0.717, 1.165) is 196 Å². The van der Waals surface area contributed by atoms with Gasteiger partial charge in [0.1, 0.15) is 0 Å². The zero-order valence-corrected chi connectivity index (χ0v) is 89.8. The Hall–Kier alpha value is -9.56. The van der Waals surface area contributed by atoms with Gasteiger partial charge in [0.15, 0.2) is 0 Å². The second-order valence-corrected chi connectivity index (χ2v) is 41.9. The molecule has 4 N–H and O–H groups in total. The summed E-state index contributed by atoms with van der Waals surface area (Å²) in [6, 6.07) is 24.5. The van der Waals surface area contributed by atoms with Gasteiger partial charge in [-0.05, 0) is 350 Å². The molecule has 0 radical (unpaired) electrons. The fraction of sp³-hybridized carbons (Fsp3) is 0.452. The lowest BCUT2D eigenvalue weighted by molar-refractivity contribution is 0.667. The molecule has 16 bridgehead atoms. The van der Waals surface area contributed by atoms with Gasteiger partial charge in [-0.25, -0.2) is 19.9 Å². The lowest BCUT2D eigenvalue weighted by Crippen LogP contribution is -1.92. The maximum absolute atomic E-state index is 5.81. The number of rotatable bonds is 47. The molecule has 10 aromatic heterocycles. The van der Waals surface area contributed by atoms with Gasteiger partial charge < -0.3 is 19.9 Å². The summed E-state index contributed by atoms with van der Waals surface area (Å²) in [4.78, 5) is 50.0. The van der Waals surface area contributed by atoms with Crippen molar-refractivity contribution >= 4 is 171 Å². The molecule has 0 aromatic carbocycles. The maximum Gasteiger partial charge on any atom is 0.0765 e. The smallest absolute Gasteiger partial charge is 0.0765 e. The van der Waals surface area contributed by atoms with Crippen LogP contribution in [0.3, 0.4) is 0 Å². The number of fused-ring (bicyclic) bond motifs is 16. The quantitative estimate of drug-likeness (QED) is 0.0225. The summed E-state index contributed by atoms with van der Waals surface area (Å²) in [5, 5.41) is 0. The van der Waals surface area contributed by atoms with Crippen molar-refractivity contribution in [2.45, 2.75) is 370 Å². The fourth-order valence-electron chi connectivity index (χ4n) is 22.2. The normalized spacial score (nSPS) is 13.5. The molecule has 12 heteroatoms. The van der Waals surface area contributed by atoms with Crippen LogP contribution < -0.4 is 0 Å². The highest BCUT2D eigenvalue weighted by atomic mass is 32.1. The predicted molar refractivity (Wildman–Crippen MR) is 607 cm³/mol. The molecular weight excluding hydrogens is 1730 g/mol. The highest BCUT2D eigenvalue weighted by molar-refractivity contribution is 7.23. The SMILES string of the molecule is CCCCCCc1cc(-c2cc(CCCCCC)c(/C=C/C=C/c3c4nc(cc5[nH]c(cc6nc(cc7[nH]c3c(CC)c7CC)C(CC)=C6CC)c(CC)c5CC)C(CC)=C4CC)s2)sc1/C=C\C=C/c1sc(-c2cc(CCCCCC)c(/C=C/C=C/c3c4nc(cc5[nH]c(cc6nc(cc7[nH]c3c(CC)c7CC)C(CC)=C6CC)c(CC)c5CC)C(CC)=C4CC)s2)cc1CCCCCC. The van der Waals surface area contributed by atoms with E-state index in [1.54, 1.807) is 0 Å². The Bertz CT molecular complexity index is 6210. The van der Waals surface area contributed by atoms with Gasteiger partial charge in [0, 0.05) is 83.2 Å². The van der Waals surface area contributed by atoms with Crippen LogP contribution in [0.2, 0.25) is 0 Å². The zero-order valence-electron chi connectivity index (χ0n) is 86.6. The third-order valence-electron chi connectivity index (χ3n) is 29.2. The number of aromatic nitrogens is 8. The van der Waals surface area contributed by atoms with Crippen molar-refractivity contribution in [2.75, 3.05) is 0 Å². The minimum atomic E-state index is 0.890. The summed E-state index contributed by atoms with van der Waals surface area (Å²) < 4.78 is 0. The Labute approximate surface area is 833 Å². The summed E-state index contributed by atoms with van der Waals surface area (Å²) in [5.41, 5.74) is 48.0. The van der Waals surface area contributed by atoms with E-state index < -0.39 is 0 Å². The topological polar surface area (TPSA) is 115 Å². The summed E-state index contributed by atoms with van der Waals surface area (Å²) in [6.45, 7) is 46.3. The van der Waals surface area contributed by atoms with Crippen LogP contribution in [-0.4, -0.2) is 39.9 Å². The van der Waals surface area contributed by atoms with Crippen molar-refractivity contribution in [3.63, 3.8) is 0 Å². The second-order valence-electron chi connectivity index (χ2n) is 37.6. The molecule has 0 atom stereocenters. The third kappa shape index (κ3) is 22.3. The highest BCUT2D eigenvalue weighted by Gasteiger charge is 2.29. The van der Waals surface area contributed by atoms with Gasteiger partial charge in [-0.15, -0.1) is 45.3 Å². The number of hydrogen-bond acceptors (Lipinski definition) is 8. The number of nitrogens with one attached hydrogen (secondary N) is 4. The van der Waals surface area contributed by atoms with Crippen molar-refractivity contribution in [1.29, 1.82) is 0 Å². The first-order valence-corrected chi connectivity index (χ1v) is 56.9. The molecule has 4 aliphatic rings. The standard InChI is InChI=1S/C124H158N8S4/c1-21-41-45-49-59-79-69-117(133-113(79)65-55-53-63-99-121-95(37-17)91(33-13)109(129-121)75-105-87(29-9)83(25-5)101(125-105)73-102-84(26-6)88(30-10)106(126-102)76-110-92(34-14)96(38-18)122(99)130-110)119-71-81(61-51-47-43-23-3)115(135-119)67-57-58-68-116-82(62-52-48-44-24-4)72-120(136-116)118-70-80(60-50-46-42-22-2)114(134-118)66-56-54-64-100-123-97(39-19)93(35-15)111(131-123)77-107-89(31-11)85(27-7)103(127-107)74-104-86(28-8)90(32-12)108(128-104)78-112-94(36-16)98(40-20)124(100)132-112/h53-58,63-78,125,127,130,132H,21-52,59-62H2,1-20H3/b63-53+,64-54+,65-55+,66-56+,67-57-,68-58-,101-73?,102-73?,103-74?,104-74?,105-75?,106-76?,107-77?,108-78?,109-75?,110-76?,111-77?,112-78?,121-99?,122-99?,123-100?,124-100?. The lowest BCUT2D eigenvalue weighted by atomic mass is 9.96. The van der Waals surface area contributed by atoms with Crippen LogP contribution in [0.5, 0.6) is 0 Å². The highest BCUT2D eigenvalue weighted by Crippen LogP contribution is 2.48.